The van der Waals surface area contributed by atoms with E-state index in [1.54, 1.807) is 72.8 Å². The van der Waals surface area contributed by atoms with Gasteiger partial charge in [-0.05, 0) is 96.1 Å². The second kappa shape index (κ2) is 19.7. The Hall–Kier alpha value is -7.21. The van der Waals surface area contributed by atoms with Gasteiger partial charge in [0.2, 0.25) is 0 Å². The average molecular weight is 1160 g/mol. The van der Waals surface area contributed by atoms with Gasteiger partial charge in [-0.25, -0.2) is 9.59 Å². The lowest BCUT2D eigenvalue weighted by molar-refractivity contribution is -0.462. The molecule has 29 heteroatoms. The average Bonchev–Trinajstić information content (AvgIpc) is 4.14. The lowest BCUT2D eigenvalue weighted by Gasteiger charge is -2.42. The first kappa shape index (κ1) is 56.5. The topological polar surface area (TPSA) is 135 Å². The summed E-state index contributed by atoms with van der Waals surface area (Å²) in [5, 5.41) is 36.7. The Morgan fingerprint density at radius 1 is 0.487 bits per heavy atom. The Bertz CT molecular complexity index is 3290. The van der Waals surface area contributed by atoms with Crippen LogP contribution in [0.1, 0.15) is 9.75 Å². The van der Waals surface area contributed by atoms with Crippen molar-refractivity contribution in [1.82, 2.24) is 0 Å². The van der Waals surface area contributed by atoms with Crippen LogP contribution in [0.4, 0.5) is 91.7 Å². The summed E-state index contributed by atoms with van der Waals surface area (Å²) in [4.78, 5) is 26.6. The zero-order valence-corrected chi connectivity index (χ0v) is 39.9. The molecule has 4 heterocycles. The molecule has 0 atom stereocenters. The van der Waals surface area contributed by atoms with E-state index in [1.165, 1.54) is 62.4 Å². The van der Waals surface area contributed by atoms with Crippen LogP contribution >= 0.6 is 45.3 Å². The molecule has 0 radical (unpaired) electrons. The number of hydrogen-bond acceptors (Lipinski definition) is 10. The van der Waals surface area contributed by atoms with Crippen molar-refractivity contribution in [1.29, 1.82) is 10.5 Å². The molecule has 3 aromatic carbocycles. The third-order valence-electron chi connectivity index (χ3n) is 10.8. The molecule has 0 fully saturated rings. The molecule has 0 aliphatic carbocycles. The van der Waals surface area contributed by atoms with Crippen molar-refractivity contribution in [2.75, 3.05) is 11.5 Å². The number of anilines is 3. The zero-order chi connectivity index (χ0) is 56.4. The van der Waals surface area contributed by atoms with E-state index in [9.17, 15) is 94.4 Å². The van der Waals surface area contributed by atoms with Crippen molar-refractivity contribution < 1.29 is 99.2 Å². The van der Waals surface area contributed by atoms with Gasteiger partial charge in [0.25, 0.3) is 0 Å². The fraction of sp³-hybridized carbons (Fsp3) is 0.191. The maximum Gasteiger partial charge on any atom is 0.460 e. The summed E-state index contributed by atoms with van der Waals surface area (Å²) < 4.78 is 243. The third kappa shape index (κ3) is 9.80. The molecule has 0 saturated carbocycles. The number of benzene rings is 3. The number of carboxylic acids is 2. The van der Waals surface area contributed by atoms with E-state index in [0.717, 1.165) is 52.8 Å². The lowest BCUT2D eigenvalue weighted by Crippen LogP contribution is -2.74. The first-order valence-electron chi connectivity index (χ1n) is 20.3. The molecule has 7 aromatic rings. The second-order valence-electron chi connectivity index (χ2n) is 15.8. The molecule has 2 N–H and O–H groups in total. The SMILES string of the molecule is N#C/C(=C\c1cc2sc(-c3ccc(N(c4ccc(OCC(F)(F)C(F)(F)C(F)(F)C(F)(F)C(F)(F)C(F)(F)C(F)(F)C(F)(F)F)cc4)c4ccc(-c5cc6sc(/C=C(\C#N)C(=O)O)cc6s5)cc4)cc3)cc2s1)C(=O)O. The first-order valence-corrected chi connectivity index (χ1v) is 23.6. The van der Waals surface area contributed by atoms with Crippen molar-refractivity contribution in [2.24, 2.45) is 0 Å². The van der Waals surface area contributed by atoms with Gasteiger partial charge in [0.1, 0.15) is 29.0 Å². The first-order chi connectivity index (χ1) is 35.1. The molecule has 0 aliphatic rings. The summed E-state index contributed by atoms with van der Waals surface area (Å²) in [7, 11) is 0. The highest BCUT2D eigenvalue weighted by atomic mass is 32.1. The van der Waals surface area contributed by atoms with Crippen LogP contribution in [0, 0.1) is 22.7 Å². The smallest absolute Gasteiger partial charge is 0.460 e. The van der Waals surface area contributed by atoms with Crippen LogP contribution in [0.5, 0.6) is 5.75 Å². The molecule has 0 bridgehead atoms. The number of alkyl halides is 17. The molecule has 0 unspecified atom stereocenters. The number of rotatable bonds is 18. The van der Waals surface area contributed by atoms with Gasteiger partial charge < -0.3 is 19.8 Å². The number of thiophene rings is 4. The summed E-state index contributed by atoms with van der Waals surface area (Å²) in [5.41, 5.74) is 1.22. The van der Waals surface area contributed by atoms with E-state index in [0.29, 0.717) is 32.3 Å². The van der Waals surface area contributed by atoms with Gasteiger partial charge in [-0.15, -0.1) is 45.3 Å². The van der Waals surface area contributed by atoms with Gasteiger partial charge in [-0.2, -0.15) is 85.2 Å². The van der Waals surface area contributed by atoms with Crippen LogP contribution in [0.25, 0.3) is 51.8 Å². The van der Waals surface area contributed by atoms with Crippen LogP contribution in [-0.4, -0.2) is 76.4 Å². The number of nitriles is 2. The van der Waals surface area contributed by atoms with Gasteiger partial charge in [-0.3, -0.25) is 0 Å². The highest BCUT2D eigenvalue weighted by Gasteiger charge is 2.95. The van der Waals surface area contributed by atoms with E-state index < -0.39 is 83.1 Å². The zero-order valence-electron chi connectivity index (χ0n) is 36.6. The molecule has 76 heavy (non-hydrogen) atoms. The molecule has 8 nitrogen and oxygen atoms in total. The molecule has 4 aromatic heterocycles. The van der Waals surface area contributed by atoms with Gasteiger partial charge in [0.05, 0.1) is 0 Å². The summed E-state index contributed by atoms with van der Waals surface area (Å²) in [6.07, 6.45) is -5.43. The summed E-state index contributed by atoms with van der Waals surface area (Å²) in [6, 6.07) is 27.0. The largest absolute Gasteiger partial charge is 0.487 e. The number of carbonyl (C=O) groups is 2. The Balaban J connectivity index is 1.17. The quantitative estimate of drug-likeness (QED) is 0.0493. The predicted molar refractivity (Wildman–Crippen MR) is 247 cm³/mol. The molecule has 0 saturated heterocycles. The Labute approximate surface area is 429 Å². The minimum atomic E-state index is -8.76. The minimum Gasteiger partial charge on any atom is -0.487 e. The standard InChI is InChI=1S/C47H22F17N3O5S4/c48-40(49,41(50,51)42(52,53)43(54,55)44(56,57)45(58,59)46(60,61)47(62,63)64)21-72-29-11-9-28(10-12-29)67(26-5-1-22(2-6-26)32-17-36-34(75-32)15-30(73-36)13-24(19-65)38(68)69)27-7-3-23(4-8-27)33-18-37-35(76-33)16-31(74-37)14-25(20-66)39(70)71/h1-18H,21H2,(H,68,69)(H,70,71)/b24-13+,25-14+. The lowest BCUT2D eigenvalue weighted by atomic mass is 9.89. The maximum absolute atomic E-state index is 14.8. The number of fused-ring (bicyclic) bond motifs is 2. The number of aliphatic carboxylic acids is 2. The Kier molecular flexibility index (Phi) is 14.7. The molecule has 0 amide bonds. The van der Waals surface area contributed by atoms with Gasteiger partial charge in [0, 0.05) is 55.4 Å². The van der Waals surface area contributed by atoms with Gasteiger partial charge in [0.15, 0.2) is 6.61 Å². The molecule has 0 aliphatic heterocycles. The number of carboxylic acid groups (broad SMARTS) is 2. The molecule has 398 valence electrons. The van der Waals surface area contributed by atoms with Crippen LogP contribution in [-0.2, 0) is 9.59 Å². The van der Waals surface area contributed by atoms with E-state index in [-0.39, 0.29) is 5.69 Å². The molecular formula is C47H22F17N3O5S4. The van der Waals surface area contributed by atoms with Crippen molar-refractivity contribution in [2.45, 2.75) is 47.6 Å². The fourth-order valence-electron chi connectivity index (χ4n) is 6.85. The predicted octanol–water partition coefficient (Wildman–Crippen LogP) is 16.4. The maximum atomic E-state index is 14.8. The number of halogens is 17. The van der Waals surface area contributed by atoms with E-state index in [4.69, 9.17) is 10.5 Å². The van der Waals surface area contributed by atoms with Crippen molar-refractivity contribution in [3.05, 3.63) is 118 Å². The second-order valence-corrected chi connectivity index (χ2v) is 20.2. The molecular weight excluding hydrogens is 1140 g/mol. The Morgan fingerprint density at radius 3 is 1.14 bits per heavy atom. The summed E-state index contributed by atoms with van der Waals surface area (Å²) in [6.45, 7) is -3.12. The van der Waals surface area contributed by atoms with Crippen LogP contribution in [0.3, 0.4) is 0 Å². The van der Waals surface area contributed by atoms with Crippen LogP contribution in [0.2, 0.25) is 0 Å². The van der Waals surface area contributed by atoms with Gasteiger partial charge >= 0.3 is 59.6 Å². The van der Waals surface area contributed by atoms with Crippen molar-refractivity contribution in [3.8, 4) is 38.8 Å². The van der Waals surface area contributed by atoms with Gasteiger partial charge in [-0.1, -0.05) is 24.3 Å². The van der Waals surface area contributed by atoms with E-state index in [1.807, 2.05) is 12.1 Å². The fourth-order valence-corrected chi connectivity index (χ4v) is 11.6. The summed E-state index contributed by atoms with van der Waals surface area (Å²) >= 11 is 5.07. The molecule has 7 rings (SSSR count). The summed E-state index contributed by atoms with van der Waals surface area (Å²) in [5.74, 6) is -61.3. The molecule has 0 spiro atoms. The van der Waals surface area contributed by atoms with Crippen molar-refractivity contribution in [3.63, 3.8) is 0 Å². The van der Waals surface area contributed by atoms with Crippen molar-refractivity contribution >= 4 is 105 Å². The number of hydrogen-bond donors (Lipinski definition) is 2. The number of nitrogens with zero attached hydrogens (tertiary/aromatic N) is 3. The van der Waals surface area contributed by atoms with E-state index in [2.05, 4.69) is 4.74 Å². The third-order valence-corrected chi connectivity index (χ3v) is 15.4. The van der Waals surface area contributed by atoms with Crippen LogP contribution in [0.15, 0.2) is 108 Å². The highest BCUT2D eigenvalue weighted by molar-refractivity contribution is 7.30. The highest BCUT2D eigenvalue weighted by Crippen LogP contribution is 2.64. The normalized spacial score (nSPS) is 13.7. The van der Waals surface area contributed by atoms with Crippen LogP contribution < -0.4 is 9.64 Å². The number of ether oxygens (including phenoxy) is 1. The minimum absolute atomic E-state index is 0.112. The Morgan fingerprint density at radius 2 is 0.816 bits per heavy atom. The van der Waals surface area contributed by atoms with E-state index >= 15 is 0 Å². The monoisotopic (exact) mass is 1160 g/mol.